The summed E-state index contributed by atoms with van der Waals surface area (Å²) in [7, 11) is 0. The van der Waals surface area contributed by atoms with Crippen LogP contribution in [0.5, 0.6) is 0 Å². The fraction of sp³-hybridized carbons (Fsp3) is 0.286. The Morgan fingerprint density at radius 1 is 1.38 bits per heavy atom. The third kappa shape index (κ3) is 2.49. The van der Waals surface area contributed by atoms with Crippen molar-refractivity contribution >= 4 is 23.5 Å². The van der Waals surface area contributed by atoms with Crippen LogP contribution in [0.25, 0.3) is 0 Å². The maximum Gasteiger partial charge on any atom is 0.252 e. The monoisotopic (exact) mass is 285 g/mol. The molecule has 0 spiro atoms. The Morgan fingerprint density at radius 2 is 2.14 bits per heavy atom. The number of anilines is 2. The van der Waals surface area contributed by atoms with Gasteiger partial charge in [-0.05, 0) is 25.5 Å². The average molecular weight is 285 g/mol. The zero-order valence-electron chi connectivity index (χ0n) is 11.8. The summed E-state index contributed by atoms with van der Waals surface area (Å²) in [5.74, 6) is 0.468. The molecular weight excluding hydrogens is 270 g/mol. The third-order valence-electron chi connectivity index (χ3n) is 3.37. The van der Waals surface area contributed by atoms with E-state index in [1.54, 1.807) is 6.92 Å². The van der Waals surface area contributed by atoms with Crippen molar-refractivity contribution in [1.82, 2.24) is 14.8 Å². The van der Waals surface area contributed by atoms with Gasteiger partial charge in [0.25, 0.3) is 5.91 Å². The van der Waals surface area contributed by atoms with Crippen molar-refractivity contribution in [2.45, 2.75) is 26.3 Å². The van der Waals surface area contributed by atoms with Crippen molar-refractivity contribution in [3.05, 3.63) is 35.7 Å². The van der Waals surface area contributed by atoms with Crippen LogP contribution >= 0.6 is 0 Å². The number of nitrogens with zero attached hydrogens (tertiary/aromatic N) is 3. The van der Waals surface area contributed by atoms with Crippen LogP contribution in [0.15, 0.2) is 24.3 Å². The van der Waals surface area contributed by atoms with Gasteiger partial charge in [-0.1, -0.05) is 18.2 Å². The van der Waals surface area contributed by atoms with Gasteiger partial charge in [0.1, 0.15) is 11.9 Å². The maximum absolute atomic E-state index is 12.1. The summed E-state index contributed by atoms with van der Waals surface area (Å²) >= 11 is 0. The molecule has 1 aliphatic heterocycles. The van der Waals surface area contributed by atoms with Crippen LogP contribution in [0.1, 0.15) is 23.9 Å². The number of benzene rings is 1. The fourth-order valence-corrected chi connectivity index (χ4v) is 2.31. The van der Waals surface area contributed by atoms with Crippen LogP contribution in [-0.4, -0.2) is 26.6 Å². The molecule has 7 nitrogen and oxygen atoms in total. The number of nitrogens with one attached hydrogen (secondary N) is 2. The average Bonchev–Trinajstić information content (AvgIpc) is 2.90. The summed E-state index contributed by atoms with van der Waals surface area (Å²) < 4.78 is 1.47. The molecule has 0 fully saturated rings. The van der Waals surface area contributed by atoms with Crippen molar-refractivity contribution in [2.24, 2.45) is 0 Å². The molecule has 0 radical (unpaired) electrons. The maximum atomic E-state index is 12.1. The molecule has 0 bridgehead atoms. The molecule has 0 aliphatic carbocycles. The Balaban J connectivity index is 1.73. The highest BCUT2D eigenvalue weighted by Crippen LogP contribution is 2.25. The summed E-state index contributed by atoms with van der Waals surface area (Å²) in [5.41, 5.74) is 1.72. The summed E-state index contributed by atoms with van der Waals surface area (Å²) in [4.78, 5) is 28.1. The van der Waals surface area contributed by atoms with Gasteiger partial charge in [0.15, 0.2) is 0 Å². The summed E-state index contributed by atoms with van der Waals surface area (Å²) in [6, 6.07) is 6.85. The van der Waals surface area contributed by atoms with E-state index < -0.39 is 6.04 Å². The van der Waals surface area contributed by atoms with E-state index in [0.717, 1.165) is 11.3 Å². The van der Waals surface area contributed by atoms with E-state index in [2.05, 4.69) is 20.7 Å². The van der Waals surface area contributed by atoms with Crippen LogP contribution < -0.4 is 10.6 Å². The SMILES string of the molecule is Cc1nc2n(n1)C(CC(=O)Nc1ccccc1C)C(=O)N2. The molecule has 1 atom stereocenters. The fourth-order valence-electron chi connectivity index (χ4n) is 2.31. The van der Waals surface area contributed by atoms with Crippen LogP contribution in [-0.2, 0) is 9.59 Å². The second-order valence-corrected chi connectivity index (χ2v) is 5.00. The minimum Gasteiger partial charge on any atom is -0.326 e. The van der Waals surface area contributed by atoms with Crippen molar-refractivity contribution in [1.29, 1.82) is 0 Å². The highest BCUT2D eigenvalue weighted by molar-refractivity contribution is 6.01. The third-order valence-corrected chi connectivity index (χ3v) is 3.37. The van der Waals surface area contributed by atoms with E-state index in [-0.39, 0.29) is 18.2 Å². The van der Waals surface area contributed by atoms with Gasteiger partial charge in [0.2, 0.25) is 11.9 Å². The predicted octanol–water partition coefficient (Wildman–Crippen LogP) is 1.42. The summed E-state index contributed by atoms with van der Waals surface area (Å²) in [5, 5.41) is 9.58. The molecule has 3 rings (SSSR count). The van der Waals surface area contributed by atoms with E-state index in [1.807, 2.05) is 31.2 Å². The molecule has 2 amide bonds. The molecule has 0 saturated carbocycles. The lowest BCUT2D eigenvalue weighted by molar-refractivity contribution is -0.123. The number of para-hydroxylation sites is 1. The molecule has 2 N–H and O–H groups in total. The number of rotatable bonds is 3. The molecule has 2 aromatic rings. The second-order valence-electron chi connectivity index (χ2n) is 5.00. The smallest absolute Gasteiger partial charge is 0.252 e. The minimum absolute atomic E-state index is 0.0238. The highest BCUT2D eigenvalue weighted by Gasteiger charge is 2.34. The number of aryl methyl sites for hydroxylation is 2. The van der Waals surface area contributed by atoms with E-state index in [4.69, 9.17) is 0 Å². The van der Waals surface area contributed by atoms with Crippen molar-refractivity contribution in [2.75, 3.05) is 10.6 Å². The van der Waals surface area contributed by atoms with Gasteiger partial charge in [-0.2, -0.15) is 10.1 Å². The van der Waals surface area contributed by atoms with Gasteiger partial charge in [0, 0.05) is 5.69 Å². The van der Waals surface area contributed by atoms with Crippen LogP contribution in [0.4, 0.5) is 11.6 Å². The zero-order chi connectivity index (χ0) is 15.0. The molecule has 7 heteroatoms. The zero-order valence-corrected chi connectivity index (χ0v) is 11.8. The Morgan fingerprint density at radius 3 is 2.90 bits per heavy atom. The quantitative estimate of drug-likeness (QED) is 0.892. The number of hydrogen-bond donors (Lipinski definition) is 2. The van der Waals surface area contributed by atoms with Gasteiger partial charge in [-0.3, -0.25) is 14.9 Å². The van der Waals surface area contributed by atoms with Gasteiger partial charge in [0.05, 0.1) is 6.42 Å². The normalized spacial score (nSPS) is 16.5. The number of fused-ring (bicyclic) bond motifs is 1. The molecule has 1 aromatic heterocycles. The number of carbonyl (C=O) groups is 2. The van der Waals surface area contributed by atoms with E-state index in [9.17, 15) is 9.59 Å². The minimum atomic E-state index is -0.648. The molecule has 108 valence electrons. The lowest BCUT2D eigenvalue weighted by Crippen LogP contribution is -2.24. The Hall–Kier alpha value is -2.70. The first-order valence-corrected chi connectivity index (χ1v) is 6.64. The second kappa shape index (κ2) is 5.01. The van der Waals surface area contributed by atoms with Crippen LogP contribution in [0.3, 0.4) is 0 Å². The van der Waals surface area contributed by atoms with Crippen LogP contribution in [0.2, 0.25) is 0 Å². The first kappa shape index (κ1) is 13.3. The number of aromatic nitrogens is 3. The van der Waals surface area contributed by atoms with Crippen molar-refractivity contribution < 1.29 is 9.59 Å². The summed E-state index contributed by atoms with van der Waals surface area (Å²) in [6.07, 6.45) is 0.0238. The van der Waals surface area contributed by atoms with E-state index in [0.29, 0.717) is 11.8 Å². The molecule has 1 aromatic carbocycles. The topological polar surface area (TPSA) is 88.9 Å². The van der Waals surface area contributed by atoms with Crippen LogP contribution in [0, 0.1) is 13.8 Å². The van der Waals surface area contributed by atoms with Crippen molar-refractivity contribution in [3.8, 4) is 0 Å². The first-order valence-electron chi connectivity index (χ1n) is 6.64. The van der Waals surface area contributed by atoms with E-state index in [1.165, 1.54) is 4.68 Å². The Kier molecular flexibility index (Phi) is 3.17. The number of amides is 2. The molecule has 21 heavy (non-hydrogen) atoms. The van der Waals surface area contributed by atoms with Gasteiger partial charge in [-0.15, -0.1) is 0 Å². The standard InChI is InChI=1S/C14H15N5O2/c1-8-5-3-4-6-10(8)16-12(20)7-11-13(21)17-14-15-9(2)18-19(11)14/h3-6,11H,7H2,1-2H3,(H,16,20)(H,15,17,18,21). The highest BCUT2D eigenvalue weighted by atomic mass is 16.2. The van der Waals surface area contributed by atoms with Gasteiger partial charge < -0.3 is 5.32 Å². The number of hydrogen-bond acceptors (Lipinski definition) is 4. The summed E-state index contributed by atoms with van der Waals surface area (Å²) in [6.45, 7) is 3.65. The predicted molar refractivity (Wildman–Crippen MR) is 76.9 cm³/mol. The molecule has 1 unspecified atom stereocenters. The molecule has 2 heterocycles. The molecule has 1 aliphatic rings. The van der Waals surface area contributed by atoms with Gasteiger partial charge in [-0.25, -0.2) is 4.68 Å². The Labute approximate surface area is 121 Å². The first-order chi connectivity index (χ1) is 10.0. The van der Waals surface area contributed by atoms with Crippen molar-refractivity contribution in [3.63, 3.8) is 0 Å². The van der Waals surface area contributed by atoms with E-state index >= 15 is 0 Å². The molecule has 0 saturated heterocycles. The van der Waals surface area contributed by atoms with Gasteiger partial charge >= 0.3 is 0 Å². The lowest BCUT2D eigenvalue weighted by atomic mass is 10.1. The number of carbonyl (C=O) groups excluding carboxylic acids is 2. The lowest BCUT2D eigenvalue weighted by Gasteiger charge is -2.11. The molecular formula is C14H15N5O2. The largest absolute Gasteiger partial charge is 0.326 e. The Bertz CT molecular complexity index is 722.